The maximum Gasteiger partial charge on any atom is 0.243 e. The molecule has 0 aromatic carbocycles. The van der Waals surface area contributed by atoms with Crippen LogP contribution in [0.4, 0.5) is 0 Å². The number of rotatable bonds is 4. The molecular formula is C3H8N2O3. The van der Waals surface area contributed by atoms with Gasteiger partial charge >= 0.3 is 0 Å². The summed E-state index contributed by atoms with van der Waals surface area (Å²) < 4.78 is 4.41. The molecule has 0 aromatic heterocycles. The molecule has 0 unspecified atom stereocenters. The Morgan fingerprint density at radius 2 is 2.50 bits per heavy atom. The summed E-state index contributed by atoms with van der Waals surface area (Å²) in [5.41, 5.74) is 6.35. The zero-order valence-electron chi connectivity index (χ0n) is 4.26. The van der Waals surface area contributed by atoms with Gasteiger partial charge in [0, 0.05) is 0 Å². The summed E-state index contributed by atoms with van der Waals surface area (Å²) in [7, 11) is 0. The minimum absolute atomic E-state index is 0.0804. The van der Waals surface area contributed by atoms with Gasteiger partial charge in [0.2, 0.25) is 5.91 Å². The molecule has 0 spiro atoms. The Kier molecular flexibility index (Phi) is 4.14. The number of amides is 1. The second-order valence-corrected chi connectivity index (χ2v) is 1.12. The minimum atomic E-state index is -0.555. The molecule has 4 N–H and O–H groups in total. The zero-order chi connectivity index (χ0) is 6.41. The van der Waals surface area contributed by atoms with E-state index in [0.717, 1.165) is 0 Å². The molecule has 0 aliphatic carbocycles. The van der Waals surface area contributed by atoms with Crippen molar-refractivity contribution in [3.05, 3.63) is 0 Å². The van der Waals surface area contributed by atoms with Crippen molar-refractivity contribution < 1.29 is 14.7 Å². The fourth-order valence-corrected chi connectivity index (χ4v) is 0.197. The quantitative estimate of drug-likeness (QED) is 0.237. The largest absolute Gasteiger partial charge is 0.368 e. The molecule has 0 saturated heterocycles. The van der Waals surface area contributed by atoms with Crippen molar-refractivity contribution in [3.63, 3.8) is 0 Å². The van der Waals surface area contributed by atoms with E-state index < -0.39 is 5.91 Å². The lowest BCUT2D eigenvalue weighted by molar-refractivity contribution is -0.123. The van der Waals surface area contributed by atoms with Gasteiger partial charge in [-0.3, -0.25) is 4.79 Å². The summed E-state index contributed by atoms with van der Waals surface area (Å²) in [6.45, 7) is -0.253. The van der Waals surface area contributed by atoms with Crippen LogP contribution in [-0.2, 0) is 9.53 Å². The fraction of sp³-hybridized carbons (Fsp3) is 0.667. The van der Waals surface area contributed by atoms with E-state index in [0.29, 0.717) is 0 Å². The van der Waals surface area contributed by atoms with E-state index in [1.807, 2.05) is 0 Å². The summed E-state index contributed by atoms with van der Waals surface area (Å²) in [6, 6.07) is 0. The summed E-state index contributed by atoms with van der Waals surface area (Å²) in [5.74, 6) is -0.555. The molecule has 0 fully saturated rings. The Hall–Kier alpha value is -0.650. The van der Waals surface area contributed by atoms with Crippen molar-refractivity contribution in [2.75, 3.05) is 13.3 Å². The predicted octanol–water partition coefficient (Wildman–Crippen LogP) is -1.58. The van der Waals surface area contributed by atoms with Gasteiger partial charge in [0.15, 0.2) is 0 Å². The molecule has 48 valence electrons. The number of nitrogens with two attached hydrogens (primary N) is 1. The third kappa shape index (κ3) is 5.35. The maximum absolute atomic E-state index is 9.86. The molecule has 5 heteroatoms. The maximum atomic E-state index is 9.86. The number of hydrogen-bond donors (Lipinski definition) is 3. The van der Waals surface area contributed by atoms with E-state index in [-0.39, 0.29) is 13.3 Å². The number of hydroxylamine groups is 1. The standard InChI is InChI=1S/C3H8N2O3/c4-3(6)1-8-2-5-7/h5,7H,1-2H2,(H2,4,6). The van der Waals surface area contributed by atoms with Crippen molar-refractivity contribution in [3.8, 4) is 0 Å². The summed E-state index contributed by atoms with van der Waals surface area (Å²) >= 11 is 0. The van der Waals surface area contributed by atoms with Crippen LogP contribution >= 0.6 is 0 Å². The molecule has 8 heavy (non-hydrogen) atoms. The lowest BCUT2D eigenvalue weighted by Crippen LogP contribution is -2.22. The normalized spacial score (nSPS) is 9.12. The first kappa shape index (κ1) is 7.35. The third-order valence-corrected chi connectivity index (χ3v) is 0.411. The monoisotopic (exact) mass is 120 g/mol. The minimum Gasteiger partial charge on any atom is -0.368 e. The van der Waals surface area contributed by atoms with Crippen LogP contribution < -0.4 is 11.2 Å². The van der Waals surface area contributed by atoms with Crippen molar-refractivity contribution in [2.24, 2.45) is 5.73 Å². The lowest BCUT2D eigenvalue weighted by Gasteiger charge is -1.95. The van der Waals surface area contributed by atoms with Gasteiger partial charge in [0.25, 0.3) is 0 Å². The van der Waals surface area contributed by atoms with Gasteiger partial charge in [0.05, 0.1) is 0 Å². The number of carbonyl (C=O) groups is 1. The highest BCUT2D eigenvalue weighted by molar-refractivity contribution is 5.74. The first-order valence-electron chi connectivity index (χ1n) is 2.00. The Bertz CT molecular complexity index is 74.9. The van der Waals surface area contributed by atoms with Crippen LogP contribution in [0.5, 0.6) is 0 Å². The molecule has 0 aromatic rings. The van der Waals surface area contributed by atoms with E-state index in [2.05, 4.69) is 10.5 Å². The van der Waals surface area contributed by atoms with Crippen molar-refractivity contribution in [1.82, 2.24) is 5.48 Å². The second-order valence-electron chi connectivity index (χ2n) is 1.12. The predicted molar refractivity (Wildman–Crippen MR) is 24.9 cm³/mol. The number of hydrogen-bond acceptors (Lipinski definition) is 4. The summed E-state index contributed by atoms with van der Waals surface area (Å²) in [5, 5.41) is 7.85. The van der Waals surface area contributed by atoms with E-state index >= 15 is 0 Å². The zero-order valence-corrected chi connectivity index (χ0v) is 4.26. The topological polar surface area (TPSA) is 84.6 Å². The van der Waals surface area contributed by atoms with Crippen LogP contribution in [0.3, 0.4) is 0 Å². The van der Waals surface area contributed by atoms with Crippen LogP contribution in [0.15, 0.2) is 0 Å². The van der Waals surface area contributed by atoms with E-state index in [4.69, 9.17) is 5.21 Å². The highest BCUT2D eigenvalue weighted by Crippen LogP contribution is 1.65. The smallest absolute Gasteiger partial charge is 0.243 e. The highest BCUT2D eigenvalue weighted by atomic mass is 16.6. The van der Waals surface area contributed by atoms with Gasteiger partial charge in [-0.05, 0) is 0 Å². The van der Waals surface area contributed by atoms with Gasteiger partial charge in [-0.2, -0.15) is 5.48 Å². The van der Waals surface area contributed by atoms with Gasteiger partial charge in [-0.1, -0.05) is 0 Å². The summed E-state index contributed by atoms with van der Waals surface area (Å²) in [4.78, 5) is 9.86. The Labute approximate surface area is 46.4 Å². The molecule has 0 atom stereocenters. The van der Waals surface area contributed by atoms with Crippen molar-refractivity contribution >= 4 is 5.91 Å². The number of nitrogens with one attached hydrogen (secondary N) is 1. The molecule has 0 rings (SSSR count). The van der Waals surface area contributed by atoms with Gasteiger partial charge in [0.1, 0.15) is 13.3 Å². The number of ether oxygens (including phenoxy) is 1. The van der Waals surface area contributed by atoms with Crippen LogP contribution in [0.2, 0.25) is 0 Å². The molecule has 0 bridgehead atoms. The van der Waals surface area contributed by atoms with Crippen LogP contribution in [-0.4, -0.2) is 24.5 Å². The summed E-state index contributed by atoms with van der Waals surface area (Å²) in [6.07, 6.45) is 0. The van der Waals surface area contributed by atoms with E-state index in [1.165, 1.54) is 0 Å². The molecule has 5 nitrogen and oxygen atoms in total. The molecule has 0 saturated carbocycles. The first-order chi connectivity index (χ1) is 3.77. The molecule has 0 aliphatic heterocycles. The average molecular weight is 120 g/mol. The molecule has 0 radical (unpaired) electrons. The second kappa shape index (κ2) is 4.51. The van der Waals surface area contributed by atoms with Crippen LogP contribution in [0.25, 0.3) is 0 Å². The van der Waals surface area contributed by atoms with E-state index in [9.17, 15) is 4.79 Å². The lowest BCUT2D eigenvalue weighted by atomic mass is 10.7. The van der Waals surface area contributed by atoms with Gasteiger partial charge in [-0.25, -0.2) is 0 Å². The van der Waals surface area contributed by atoms with E-state index in [1.54, 1.807) is 5.48 Å². The highest BCUT2D eigenvalue weighted by Gasteiger charge is 1.89. The average Bonchev–Trinajstić information content (AvgIpc) is 1.66. The SMILES string of the molecule is NC(=O)COCNO. The molecule has 0 heterocycles. The van der Waals surface area contributed by atoms with Gasteiger partial charge < -0.3 is 15.7 Å². The van der Waals surface area contributed by atoms with Crippen LogP contribution in [0.1, 0.15) is 0 Å². The molecule has 1 amide bonds. The molecular weight excluding hydrogens is 112 g/mol. The Morgan fingerprint density at radius 1 is 1.88 bits per heavy atom. The fourth-order valence-electron chi connectivity index (χ4n) is 0.197. The Morgan fingerprint density at radius 3 is 2.88 bits per heavy atom. The first-order valence-corrected chi connectivity index (χ1v) is 2.00. The Balaban J connectivity index is 2.82. The van der Waals surface area contributed by atoms with Crippen LogP contribution in [0, 0.1) is 0 Å². The third-order valence-electron chi connectivity index (χ3n) is 0.411. The van der Waals surface area contributed by atoms with Crippen molar-refractivity contribution in [2.45, 2.75) is 0 Å². The number of primary amides is 1. The van der Waals surface area contributed by atoms with Gasteiger partial charge in [-0.15, -0.1) is 0 Å². The number of carbonyl (C=O) groups excluding carboxylic acids is 1. The van der Waals surface area contributed by atoms with Crippen molar-refractivity contribution in [1.29, 1.82) is 0 Å². The molecule has 0 aliphatic rings.